The lowest BCUT2D eigenvalue weighted by molar-refractivity contribution is -0.167. The maximum atomic E-state index is 15.4. The fraction of sp³-hybridized carbons (Fsp3) is 0.452. The van der Waals surface area contributed by atoms with Crippen LogP contribution in [0, 0.1) is 12.7 Å². The number of amides is 1. The number of morpholine rings is 1. The van der Waals surface area contributed by atoms with Crippen LogP contribution >= 0.6 is 0 Å². The van der Waals surface area contributed by atoms with Gasteiger partial charge in [-0.3, -0.25) is 14.2 Å². The predicted molar refractivity (Wildman–Crippen MR) is 159 cm³/mol. The molecule has 2 atom stereocenters. The summed E-state index contributed by atoms with van der Waals surface area (Å²) in [6.45, 7) is 2.66. The highest BCUT2D eigenvalue weighted by Crippen LogP contribution is 2.33. The molecule has 252 valence electrons. The van der Waals surface area contributed by atoms with E-state index < -0.39 is 59.4 Å². The van der Waals surface area contributed by atoms with E-state index >= 15 is 4.39 Å². The van der Waals surface area contributed by atoms with E-state index in [0.29, 0.717) is 29.8 Å². The van der Waals surface area contributed by atoms with Crippen molar-refractivity contribution in [1.82, 2.24) is 19.4 Å². The number of alkyl halides is 3. The number of aryl methyl sites for hydroxylation is 1. The van der Waals surface area contributed by atoms with Crippen LogP contribution in [0.3, 0.4) is 0 Å². The molecule has 1 N–H and O–H groups in total. The summed E-state index contributed by atoms with van der Waals surface area (Å²) >= 11 is 0. The summed E-state index contributed by atoms with van der Waals surface area (Å²) in [5, 5.41) is 2.47. The quantitative estimate of drug-likeness (QED) is 0.284. The molecule has 3 aromatic rings. The second kappa shape index (κ2) is 13.7. The third-order valence-corrected chi connectivity index (χ3v) is 8.11. The number of fused-ring (bicyclic) bond motifs is 1. The third kappa shape index (κ3) is 6.93. The zero-order chi connectivity index (χ0) is 34.0. The zero-order valence-electron chi connectivity index (χ0n) is 25.9. The van der Waals surface area contributed by atoms with Crippen LogP contribution in [0.15, 0.2) is 40.1 Å². The molecule has 5 rings (SSSR count). The Bertz CT molecular complexity index is 1770. The maximum absolute atomic E-state index is 15.4. The highest BCUT2D eigenvalue weighted by molar-refractivity contribution is 5.98. The van der Waals surface area contributed by atoms with Gasteiger partial charge in [0.2, 0.25) is 0 Å². The largest absolute Gasteiger partial charge is 0.464 e. The van der Waals surface area contributed by atoms with Crippen molar-refractivity contribution in [2.75, 3.05) is 37.9 Å². The Labute approximate surface area is 265 Å². The number of rotatable bonds is 8. The first-order chi connectivity index (χ1) is 22.3. The average Bonchev–Trinajstić information content (AvgIpc) is 3.03. The SMILES string of the molecule is CCOC(=O)[C@H](Cc1ccc(-n2c(=O)c3c(n(C)c2=O)CCOC3)nc1)NC(=O)c1c(C)cc(N2CCOC[C@@H]2C(F)(F)F)cc1F. The van der Waals surface area contributed by atoms with E-state index in [1.54, 1.807) is 14.0 Å². The number of halogens is 4. The molecule has 1 amide bonds. The van der Waals surface area contributed by atoms with Gasteiger partial charge in [0.25, 0.3) is 11.5 Å². The molecule has 0 saturated carbocycles. The molecule has 2 aliphatic heterocycles. The second-order valence-corrected chi connectivity index (χ2v) is 11.2. The lowest BCUT2D eigenvalue weighted by Gasteiger charge is -2.38. The Kier molecular flexibility index (Phi) is 9.81. The molecule has 1 aromatic carbocycles. The number of carbonyl (C=O) groups excluding carboxylic acids is 2. The molecule has 0 bridgehead atoms. The van der Waals surface area contributed by atoms with Crippen LogP contribution in [-0.2, 0) is 45.5 Å². The summed E-state index contributed by atoms with van der Waals surface area (Å²) in [5.41, 5.74) is -0.216. The molecule has 4 heterocycles. The number of anilines is 1. The number of ether oxygens (including phenoxy) is 3. The van der Waals surface area contributed by atoms with Crippen molar-refractivity contribution in [2.45, 2.75) is 51.6 Å². The summed E-state index contributed by atoms with van der Waals surface area (Å²) in [5.74, 6) is -2.83. The fourth-order valence-electron chi connectivity index (χ4n) is 5.76. The first-order valence-electron chi connectivity index (χ1n) is 14.9. The minimum Gasteiger partial charge on any atom is -0.464 e. The van der Waals surface area contributed by atoms with Gasteiger partial charge in [-0.25, -0.2) is 23.5 Å². The average molecular weight is 664 g/mol. The van der Waals surface area contributed by atoms with E-state index in [-0.39, 0.29) is 49.9 Å². The topological polar surface area (TPSA) is 134 Å². The van der Waals surface area contributed by atoms with Crippen molar-refractivity contribution < 1.29 is 41.4 Å². The summed E-state index contributed by atoms with van der Waals surface area (Å²) in [4.78, 5) is 57.5. The minimum absolute atomic E-state index is 0.0152. The van der Waals surface area contributed by atoms with Crippen molar-refractivity contribution in [3.8, 4) is 5.82 Å². The van der Waals surface area contributed by atoms with Gasteiger partial charge in [0.1, 0.15) is 23.7 Å². The number of esters is 1. The lowest BCUT2D eigenvalue weighted by atomic mass is 10.0. The van der Waals surface area contributed by atoms with Crippen molar-refractivity contribution in [2.24, 2.45) is 7.05 Å². The fourth-order valence-corrected chi connectivity index (χ4v) is 5.76. The molecule has 47 heavy (non-hydrogen) atoms. The standard InChI is InChI=1S/C31H33F4N5O7/c1-4-47-29(43)22(12-18-5-6-25(36-14-18)40-28(42)20-15-45-9-7-23(20)38(3)30(40)44)37-27(41)26-17(2)11-19(13-21(26)32)39-8-10-46-16-24(39)31(33,34)35/h5-6,11,13-14,22,24H,4,7-10,12,15-16H2,1-3H3,(H,37,41)/t22-,24+/m0/s1. The van der Waals surface area contributed by atoms with Gasteiger partial charge in [-0.15, -0.1) is 0 Å². The highest BCUT2D eigenvalue weighted by Gasteiger charge is 2.45. The number of nitrogens with zero attached hydrogens (tertiary/aromatic N) is 4. The summed E-state index contributed by atoms with van der Waals surface area (Å²) < 4.78 is 74.0. The summed E-state index contributed by atoms with van der Waals surface area (Å²) in [6.07, 6.45) is -3.02. The Balaban J connectivity index is 1.38. The molecular weight excluding hydrogens is 630 g/mol. The van der Waals surface area contributed by atoms with Gasteiger partial charge in [-0.2, -0.15) is 13.2 Å². The number of aromatic nitrogens is 3. The molecule has 0 spiro atoms. The number of carbonyl (C=O) groups is 2. The Morgan fingerprint density at radius 2 is 1.94 bits per heavy atom. The Hall–Kier alpha value is -4.57. The van der Waals surface area contributed by atoms with Crippen LogP contribution in [0.5, 0.6) is 0 Å². The molecule has 1 fully saturated rings. The monoisotopic (exact) mass is 663 g/mol. The number of benzene rings is 1. The lowest BCUT2D eigenvalue weighted by Crippen LogP contribution is -2.53. The van der Waals surface area contributed by atoms with E-state index in [9.17, 15) is 32.3 Å². The van der Waals surface area contributed by atoms with Gasteiger partial charge in [-0.1, -0.05) is 6.07 Å². The van der Waals surface area contributed by atoms with Gasteiger partial charge in [0, 0.05) is 44.0 Å². The van der Waals surface area contributed by atoms with Crippen LogP contribution in [0.25, 0.3) is 5.82 Å². The van der Waals surface area contributed by atoms with E-state index in [1.165, 1.54) is 35.9 Å². The molecular formula is C31H33F4N5O7. The van der Waals surface area contributed by atoms with Crippen molar-refractivity contribution in [3.63, 3.8) is 0 Å². The molecule has 0 unspecified atom stereocenters. The number of pyridine rings is 1. The minimum atomic E-state index is -4.62. The number of hydrogen-bond acceptors (Lipinski definition) is 9. The van der Waals surface area contributed by atoms with E-state index in [0.717, 1.165) is 15.5 Å². The van der Waals surface area contributed by atoms with E-state index in [2.05, 4.69) is 10.3 Å². The zero-order valence-corrected chi connectivity index (χ0v) is 25.9. The van der Waals surface area contributed by atoms with E-state index in [4.69, 9.17) is 14.2 Å². The third-order valence-electron chi connectivity index (χ3n) is 8.11. The predicted octanol–water partition coefficient (Wildman–Crippen LogP) is 2.12. The highest BCUT2D eigenvalue weighted by atomic mass is 19.4. The van der Waals surface area contributed by atoms with Crippen molar-refractivity contribution >= 4 is 17.6 Å². The molecule has 16 heteroatoms. The van der Waals surface area contributed by atoms with Gasteiger partial charge in [0.15, 0.2) is 0 Å². The molecule has 0 aliphatic carbocycles. The van der Waals surface area contributed by atoms with Crippen molar-refractivity contribution in [3.05, 3.63) is 85.1 Å². The molecule has 12 nitrogen and oxygen atoms in total. The van der Waals surface area contributed by atoms with Crippen LogP contribution in [-0.4, -0.2) is 77.2 Å². The molecule has 1 saturated heterocycles. The first-order valence-corrected chi connectivity index (χ1v) is 14.9. The number of hydrogen-bond donors (Lipinski definition) is 1. The molecule has 0 radical (unpaired) electrons. The van der Waals surface area contributed by atoms with Crippen molar-refractivity contribution in [1.29, 1.82) is 0 Å². The van der Waals surface area contributed by atoms with Crippen LogP contribution in [0.1, 0.15) is 39.7 Å². The van der Waals surface area contributed by atoms with Gasteiger partial charge in [0.05, 0.1) is 44.2 Å². The molecule has 2 aliphatic rings. The summed E-state index contributed by atoms with van der Waals surface area (Å²) in [6, 6.07) is 1.78. The van der Waals surface area contributed by atoms with Gasteiger partial charge >= 0.3 is 17.8 Å². The van der Waals surface area contributed by atoms with Crippen LogP contribution in [0.4, 0.5) is 23.2 Å². The number of nitrogens with one attached hydrogen (secondary N) is 1. The Morgan fingerprint density at radius 1 is 1.17 bits per heavy atom. The second-order valence-electron chi connectivity index (χ2n) is 11.2. The van der Waals surface area contributed by atoms with Gasteiger partial charge < -0.3 is 24.4 Å². The van der Waals surface area contributed by atoms with Crippen LogP contribution in [0.2, 0.25) is 0 Å². The maximum Gasteiger partial charge on any atom is 0.411 e. The Morgan fingerprint density at radius 3 is 2.60 bits per heavy atom. The molecule has 2 aromatic heterocycles. The smallest absolute Gasteiger partial charge is 0.411 e. The normalized spacial score (nSPS) is 17.2. The van der Waals surface area contributed by atoms with Gasteiger partial charge in [-0.05, 0) is 43.2 Å². The summed E-state index contributed by atoms with van der Waals surface area (Å²) in [7, 11) is 1.56. The van der Waals surface area contributed by atoms with Crippen LogP contribution < -0.4 is 21.5 Å². The van der Waals surface area contributed by atoms with E-state index in [1.807, 2.05) is 0 Å². The first kappa shape index (κ1) is 33.8.